The lowest BCUT2D eigenvalue weighted by Gasteiger charge is -2.25. The van der Waals surface area contributed by atoms with Gasteiger partial charge in [0.05, 0.1) is 6.04 Å². The summed E-state index contributed by atoms with van der Waals surface area (Å²) in [5.41, 5.74) is 7.01. The highest BCUT2D eigenvalue weighted by atomic mass is 16.3. The summed E-state index contributed by atoms with van der Waals surface area (Å²) < 4.78 is 0. The van der Waals surface area contributed by atoms with Crippen molar-refractivity contribution < 1.29 is 9.90 Å². The molecule has 1 saturated carbocycles. The number of amides is 1. The lowest BCUT2D eigenvalue weighted by atomic mass is 10.1. The fourth-order valence-corrected chi connectivity index (χ4v) is 2.29. The maximum atomic E-state index is 12.3. The molecule has 4 nitrogen and oxygen atoms in total. The van der Waals surface area contributed by atoms with E-state index in [1.807, 2.05) is 17.0 Å². The van der Waals surface area contributed by atoms with Crippen molar-refractivity contribution in [3.05, 3.63) is 29.8 Å². The SMILES string of the molecule is CCCN(C(=O)C(N)Cc1ccc(O)cc1)C1CC1. The van der Waals surface area contributed by atoms with Crippen molar-refractivity contribution in [2.24, 2.45) is 5.73 Å². The minimum atomic E-state index is -0.489. The van der Waals surface area contributed by atoms with Crippen molar-refractivity contribution in [1.29, 1.82) is 0 Å². The highest BCUT2D eigenvalue weighted by molar-refractivity contribution is 5.82. The van der Waals surface area contributed by atoms with Crippen molar-refractivity contribution in [2.45, 2.75) is 44.7 Å². The van der Waals surface area contributed by atoms with Crippen LogP contribution in [0.2, 0.25) is 0 Å². The molecule has 0 aliphatic heterocycles. The fraction of sp³-hybridized carbons (Fsp3) is 0.533. The van der Waals surface area contributed by atoms with E-state index in [1.54, 1.807) is 12.1 Å². The van der Waals surface area contributed by atoms with Gasteiger partial charge in [-0.2, -0.15) is 0 Å². The number of phenols is 1. The molecule has 1 aliphatic rings. The number of hydrogen-bond acceptors (Lipinski definition) is 3. The van der Waals surface area contributed by atoms with E-state index in [1.165, 1.54) is 0 Å². The highest BCUT2D eigenvalue weighted by Crippen LogP contribution is 2.27. The lowest BCUT2D eigenvalue weighted by Crippen LogP contribution is -2.46. The molecule has 0 radical (unpaired) electrons. The van der Waals surface area contributed by atoms with Crippen LogP contribution in [0.25, 0.3) is 0 Å². The summed E-state index contributed by atoms with van der Waals surface area (Å²) >= 11 is 0. The normalized spacial score (nSPS) is 16.1. The summed E-state index contributed by atoms with van der Waals surface area (Å²) in [7, 11) is 0. The predicted octanol–water partition coefficient (Wildman–Crippen LogP) is 1.66. The third kappa shape index (κ3) is 3.70. The molecule has 3 N–H and O–H groups in total. The molecule has 19 heavy (non-hydrogen) atoms. The smallest absolute Gasteiger partial charge is 0.240 e. The number of aromatic hydroxyl groups is 1. The third-order valence-electron chi connectivity index (χ3n) is 3.44. The standard InChI is InChI=1S/C15H22N2O2/c1-2-9-17(12-5-6-12)15(19)14(16)10-11-3-7-13(18)8-4-11/h3-4,7-8,12,14,18H,2,5-6,9-10,16H2,1H3. The Kier molecular flexibility index (Phi) is 4.43. The van der Waals surface area contributed by atoms with Gasteiger partial charge in [-0.1, -0.05) is 19.1 Å². The van der Waals surface area contributed by atoms with E-state index in [-0.39, 0.29) is 11.7 Å². The first kappa shape index (κ1) is 13.9. The zero-order valence-electron chi connectivity index (χ0n) is 11.4. The average Bonchev–Trinajstić information content (AvgIpc) is 3.22. The van der Waals surface area contributed by atoms with E-state index in [9.17, 15) is 9.90 Å². The number of nitrogens with zero attached hydrogens (tertiary/aromatic N) is 1. The van der Waals surface area contributed by atoms with Gasteiger partial charge in [-0.3, -0.25) is 4.79 Å². The first-order valence-corrected chi connectivity index (χ1v) is 6.95. The molecule has 0 heterocycles. The Labute approximate surface area is 114 Å². The van der Waals surface area contributed by atoms with E-state index < -0.39 is 6.04 Å². The Bertz CT molecular complexity index is 426. The van der Waals surface area contributed by atoms with Gasteiger partial charge in [0.1, 0.15) is 5.75 Å². The highest BCUT2D eigenvalue weighted by Gasteiger charge is 2.33. The quantitative estimate of drug-likeness (QED) is 0.819. The summed E-state index contributed by atoms with van der Waals surface area (Å²) in [4.78, 5) is 14.3. The van der Waals surface area contributed by atoms with E-state index in [2.05, 4.69) is 6.92 Å². The molecule has 0 saturated heterocycles. The molecule has 4 heteroatoms. The van der Waals surface area contributed by atoms with Crippen LogP contribution >= 0.6 is 0 Å². The van der Waals surface area contributed by atoms with Gasteiger partial charge in [0.25, 0.3) is 0 Å². The van der Waals surface area contributed by atoms with Crippen LogP contribution in [0.3, 0.4) is 0 Å². The van der Waals surface area contributed by atoms with Crippen molar-refractivity contribution in [1.82, 2.24) is 4.90 Å². The monoisotopic (exact) mass is 262 g/mol. The van der Waals surface area contributed by atoms with Crippen molar-refractivity contribution in [3.8, 4) is 5.75 Å². The van der Waals surface area contributed by atoms with Crippen LogP contribution in [-0.2, 0) is 11.2 Å². The van der Waals surface area contributed by atoms with Gasteiger partial charge in [-0.25, -0.2) is 0 Å². The molecule has 104 valence electrons. The van der Waals surface area contributed by atoms with Gasteiger partial charge in [-0.05, 0) is 43.4 Å². The number of hydrogen-bond donors (Lipinski definition) is 2. The molecule has 1 aliphatic carbocycles. The Morgan fingerprint density at radius 3 is 2.58 bits per heavy atom. The number of rotatable bonds is 6. The largest absolute Gasteiger partial charge is 0.508 e. The first-order chi connectivity index (χ1) is 9.11. The zero-order valence-corrected chi connectivity index (χ0v) is 11.4. The number of carbonyl (C=O) groups is 1. The maximum absolute atomic E-state index is 12.3. The van der Waals surface area contributed by atoms with Crippen molar-refractivity contribution >= 4 is 5.91 Å². The molecule has 2 rings (SSSR count). The van der Waals surface area contributed by atoms with Crippen LogP contribution in [0, 0.1) is 0 Å². The van der Waals surface area contributed by atoms with Crippen LogP contribution in [0.15, 0.2) is 24.3 Å². The Morgan fingerprint density at radius 1 is 1.42 bits per heavy atom. The molecule has 1 fully saturated rings. The molecule has 0 aromatic heterocycles. The number of nitrogens with two attached hydrogens (primary N) is 1. The maximum Gasteiger partial charge on any atom is 0.240 e. The first-order valence-electron chi connectivity index (χ1n) is 6.95. The van der Waals surface area contributed by atoms with Crippen molar-refractivity contribution in [3.63, 3.8) is 0 Å². The summed E-state index contributed by atoms with van der Waals surface area (Å²) in [6.45, 7) is 2.88. The molecule has 1 aromatic carbocycles. The summed E-state index contributed by atoms with van der Waals surface area (Å²) in [6.07, 6.45) is 3.70. The average molecular weight is 262 g/mol. The molecule has 1 atom stereocenters. The summed E-state index contributed by atoms with van der Waals surface area (Å²) in [5.74, 6) is 0.284. The van der Waals surface area contributed by atoms with Crippen molar-refractivity contribution in [2.75, 3.05) is 6.54 Å². The second-order valence-electron chi connectivity index (χ2n) is 5.24. The third-order valence-corrected chi connectivity index (χ3v) is 3.44. The lowest BCUT2D eigenvalue weighted by molar-refractivity contribution is -0.133. The van der Waals surface area contributed by atoms with Crippen LogP contribution in [0.5, 0.6) is 5.75 Å². The topological polar surface area (TPSA) is 66.6 Å². The van der Waals surface area contributed by atoms with Crippen LogP contribution < -0.4 is 5.73 Å². The minimum Gasteiger partial charge on any atom is -0.508 e. The summed E-state index contributed by atoms with van der Waals surface area (Å²) in [6, 6.07) is 6.79. The molecule has 1 amide bonds. The van der Waals surface area contributed by atoms with Crippen LogP contribution in [-0.4, -0.2) is 34.5 Å². The summed E-state index contributed by atoms with van der Waals surface area (Å²) in [5, 5.41) is 9.23. The van der Waals surface area contributed by atoms with E-state index in [0.717, 1.165) is 31.4 Å². The van der Waals surface area contributed by atoms with E-state index in [4.69, 9.17) is 5.73 Å². The second kappa shape index (κ2) is 6.06. The van der Waals surface area contributed by atoms with Gasteiger partial charge in [0.15, 0.2) is 0 Å². The Balaban J connectivity index is 1.95. The Morgan fingerprint density at radius 2 is 2.05 bits per heavy atom. The van der Waals surface area contributed by atoms with E-state index in [0.29, 0.717) is 12.5 Å². The molecule has 0 spiro atoms. The molecular weight excluding hydrogens is 240 g/mol. The predicted molar refractivity (Wildman–Crippen MR) is 74.8 cm³/mol. The van der Waals surface area contributed by atoms with E-state index >= 15 is 0 Å². The Hall–Kier alpha value is -1.55. The fourth-order valence-electron chi connectivity index (χ4n) is 2.29. The van der Waals surface area contributed by atoms with Gasteiger partial charge in [0, 0.05) is 12.6 Å². The molecule has 1 unspecified atom stereocenters. The van der Waals surface area contributed by atoms with Gasteiger partial charge >= 0.3 is 0 Å². The molecular formula is C15H22N2O2. The second-order valence-corrected chi connectivity index (χ2v) is 5.24. The van der Waals surface area contributed by atoms with Crippen LogP contribution in [0.4, 0.5) is 0 Å². The van der Waals surface area contributed by atoms with Gasteiger partial charge in [-0.15, -0.1) is 0 Å². The van der Waals surface area contributed by atoms with Crippen LogP contribution in [0.1, 0.15) is 31.7 Å². The number of benzene rings is 1. The molecule has 0 bridgehead atoms. The van der Waals surface area contributed by atoms with Gasteiger partial charge < -0.3 is 15.7 Å². The zero-order chi connectivity index (χ0) is 13.8. The number of carbonyl (C=O) groups excluding carboxylic acids is 1. The minimum absolute atomic E-state index is 0.0532. The van der Waals surface area contributed by atoms with Gasteiger partial charge in [0.2, 0.25) is 5.91 Å². The number of phenolic OH excluding ortho intramolecular Hbond substituents is 1. The molecule has 1 aromatic rings.